The van der Waals surface area contributed by atoms with Crippen LogP contribution in [0.15, 0.2) is 24.3 Å². The third-order valence-electron chi connectivity index (χ3n) is 4.86. The van der Waals surface area contributed by atoms with Crippen LogP contribution in [0.5, 0.6) is 0 Å². The van der Waals surface area contributed by atoms with Gasteiger partial charge < -0.3 is 10.6 Å². The summed E-state index contributed by atoms with van der Waals surface area (Å²) in [6.07, 6.45) is 5.48. The minimum Gasteiger partial charge on any atom is -0.348 e. The molecule has 108 valence electrons. The average Bonchev–Trinajstić information content (AvgIpc) is 2.90. The van der Waals surface area contributed by atoms with Gasteiger partial charge in [0.2, 0.25) is 5.91 Å². The number of hydrogen-bond donors (Lipinski definition) is 2. The smallest absolute Gasteiger partial charge is 0.237 e. The second-order valence-corrected chi connectivity index (χ2v) is 6.10. The molecule has 1 aliphatic heterocycles. The number of benzene rings is 1. The number of piperidine rings is 1. The minimum atomic E-state index is 0.00135. The first-order chi connectivity index (χ1) is 9.78. The Hall–Kier alpha value is -1.35. The van der Waals surface area contributed by atoms with E-state index in [1.807, 2.05) is 0 Å². The predicted octanol–water partition coefficient (Wildman–Crippen LogP) is 2.57. The van der Waals surface area contributed by atoms with Crippen LogP contribution < -0.4 is 10.6 Å². The van der Waals surface area contributed by atoms with E-state index >= 15 is 0 Å². The van der Waals surface area contributed by atoms with E-state index in [1.54, 1.807) is 0 Å². The summed E-state index contributed by atoms with van der Waals surface area (Å²) in [4.78, 5) is 12.5. The molecule has 0 saturated carbocycles. The summed E-state index contributed by atoms with van der Waals surface area (Å²) in [6.45, 7) is 3.19. The third kappa shape index (κ3) is 2.73. The molecule has 1 aromatic rings. The maximum Gasteiger partial charge on any atom is 0.237 e. The number of fused-ring (bicyclic) bond motifs is 1. The van der Waals surface area contributed by atoms with Crippen LogP contribution in [-0.2, 0) is 11.2 Å². The lowest BCUT2D eigenvalue weighted by Crippen LogP contribution is -2.49. The monoisotopic (exact) mass is 272 g/mol. The van der Waals surface area contributed by atoms with Crippen molar-refractivity contribution in [2.45, 2.75) is 51.1 Å². The van der Waals surface area contributed by atoms with Crippen LogP contribution in [0.3, 0.4) is 0 Å². The molecular weight excluding hydrogens is 248 g/mol. The predicted molar refractivity (Wildman–Crippen MR) is 80.5 cm³/mol. The molecule has 1 fully saturated rings. The van der Waals surface area contributed by atoms with Gasteiger partial charge in [-0.15, -0.1) is 0 Å². The maximum absolute atomic E-state index is 12.5. The molecule has 1 saturated heterocycles. The maximum atomic E-state index is 12.5. The van der Waals surface area contributed by atoms with Crippen molar-refractivity contribution in [2.24, 2.45) is 5.92 Å². The van der Waals surface area contributed by atoms with Gasteiger partial charge in [0.1, 0.15) is 0 Å². The molecular formula is C17H24N2O. The number of carbonyl (C=O) groups is 1. The highest BCUT2D eigenvalue weighted by Gasteiger charge is 2.29. The molecule has 0 radical (unpaired) electrons. The second-order valence-electron chi connectivity index (χ2n) is 6.10. The van der Waals surface area contributed by atoms with Gasteiger partial charge in [-0.1, -0.05) is 37.6 Å². The van der Waals surface area contributed by atoms with E-state index in [4.69, 9.17) is 0 Å². The van der Waals surface area contributed by atoms with E-state index in [2.05, 4.69) is 41.8 Å². The number of amides is 1. The average molecular weight is 272 g/mol. The summed E-state index contributed by atoms with van der Waals surface area (Å²) in [5.74, 6) is 0.882. The van der Waals surface area contributed by atoms with E-state index in [0.717, 1.165) is 25.8 Å². The van der Waals surface area contributed by atoms with Crippen molar-refractivity contribution in [1.82, 2.24) is 10.6 Å². The highest BCUT2D eigenvalue weighted by atomic mass is 16.2. The van der Waals surface area contributed by atoms with Gasteiger partial charge in [0.25, 0.3) is 0 Å². The number of carbonyl (C=O) groups excluding carboxylic acids is 1. The summed E-state index contributed by atoms with van der Waals surface area (Å²) in [7, 11) is 0. The van der Waals surface area contributed by atoms with Crippen LogP contribution in [0.25, 0.3) is 0 Å². The van der Waals surface area contributed by atoms with Gasteiger partial charge in [0.05, 0.1) is 12.1 Å². The van der Waals surface area contributed by atoms with E-state index < -0.39 is 0 Å². The second kappa shape index (κ2) is 5.96. The number of nitrogens with one attached hydrogen (secondary N) is 2. The standard InChI is InChI=1S/C17H24N2O/c1-2-12-9-10-18-16(11-12)17(20)19-15-8-7-13-5-3-4-6-14(13)15/h3-6,12,15-16,18H,2,7-11H2,1H3,(H,19,20). The van der Waals surface area contributed by atoms with E-state index in [-0.39, 0.29) is 18.0 Å². The van der Waals surface area contributed by atoms with Crippen LogP contribution in [0.1, 0.15) is 49.8 Å². The van der Waals surface area contributed by atoms with Crippen LogP contribution in [0.2, 0.25) is 0 Å². The van der Waals surface area contributed by atoms with Gasteiger partial charge in [0, 0.05) is 0 Å². The zero-order valence-corrected chi connectivity index (χ0v) is 12.2. The molecule has 3 rings (SSSR count). The first kappa shape index (κ1) is 13.6. The molecule has 3 heteroatoms. The largest absolute Gasteiger partial charge is 0.348 e. The molecule has 0 bridgehead atoms. The summed E-state index contributed by atoms with van der Waals surface area (Å²) >= 11 is 0. The fraction of sp³-hybridized carbons (Fsp3) is 0.588. The molecule has 20 heavy (non-hydrogen) atoms. The Morgan fingerprint density at radius 1 is 1.35 bits per heavy atom. The molecule has 3 unspecified atom stereocenters. The van der Waals surface area contributed by atoms with E-state index in [9.17, 15) is 4.79 Å². The first-order valence-corrected chi connectivity index (χ1v) is 7.89. The summed E-state index contributed by atoms with van der Waals surface area (Å²) < 4.78 is 0. The number of aryl methyl sites for hydroxylation is 1. The van der Waals surface area contributed by atoms with Crippen LogP contribution in [0, 0.1) is 5.92 Å². The van der Waals surface area contributed by atoms with Crippen LogP contribution in [0.4, 0.5) is 0 Å². The van der Waals surface area contributed by atoms with E-state index in [0.29, 0.717) is 5.92 Å². The summed E-state index contributed by atoms with van der Waals surface area (Å²) in [6, 6.07) is 8.68. The quantitative estimate of drug-likeness (QED) is 0.888. The lowest BCUT2D eigenvalue weighted by molar-refractivity contribution is -0.124. The van der Waals surface area contributed by atoms with Gasteiger partial charge in [0.15, 0.2) is 0 Å². The molecule has 1 aliphatic carbocycles. The zero-order chi connectivity index (χ0) is 13.9. The van der Waals surface area contributed by atoms with Gasteiger partial charge in [-0.2, -0.15) is 0 Å². The van der Waals surface area contributed by atoms with Crippen molar-refractivity contribution in [3.63, 3.8) is 0 Å². The van der Waals surface area contributed by atoms with Gasteiger partial charge in [-0.3, -0.25) is 4.79 Å². The molecule has 1 heterocycles. The molecule has 3 nitrogen and oxygen atoms in total. The normalized spacial score (nSPS) is 28.9. The summed E-state index contributed by atoms with van der Waals surface area (Å²) in [5, 5.41) is 6.62. The highest BCUT2D eigenvalue weighted by molar-refractivity contribution is 5.82. The Morgan fingerprint density at radius 3 is 3.05 bits per heavy atom. The van der Waals surface area contributed by atoms with Crippen molar-refractivity contribution < 1.29 is 4.79 Å². The molecule has 0 spiro atoms. The molecule has 3 atom stereocenters. The van der Waals surface area contributed by atoms with Gasteiger partial charge in [-0.05, 0) is 49.3 Å². The Morgan fingerprint density at radius 2 is 2.20 bits per heavy atom. The molecule has 1 aromatic carbocycles. The fourth-order valence-electron chi connectivity index (χ4n) is 3.55. The molecule has 0 aromatic heterocycles. The van der Waals surface area contributed by atoms with Crippen molar-refractivity contribution in [3.05, 3.63) is 35.4 Å². The number of hydrogen-bond acceptors (Lipinski definition) is 2. The Bertz CT molecular complexity index is 486. The first-order valence-electron chi connectivity index (χ1n) is 7.89. The zero-order valence-electron chi connectivity index (χ0n) is 12.2. The number of rotatable bonds is 3. The fourth-order valence-corrected chi connectivity index (χ4v) is 3.55. The van der Waals surface area contributed by atoms with Gasteiger partial charge >= 0.3 is 0 Å². The van der Waals surface area contributed by atoms with Crippen LogP contribution >= 0.6 is 0 Å². The van der Waals surface area contributed by atoms with Gasteiger partial charge in [-0.25, -0.2) is 0 Å². The minimum absolute atomic E-state index is 0.00135. The van der Waals surface area contributed by atoms with Crippen molar-refractivity contribution in [2.75, 3.05) is 6.54 Å². The highest BCUT2D eigenvalue weighted by Crippen LogP contribution is 2.31. The lowest BCUT2D eigenvalue weighted by atomic mass is 9.90. The SMILES string of the molecule is CCC1CCNC(C(=O)NC2CCc3ccccc32)C1. The van der Waals surface area contributed by atoms with Crippen molar-refractivity contribution in [3.8, 4) is 0 Å². The Balaban J connectivity index is 1.62. The van der Waals surface area contributed by atoms with Crippen LogP contribution in [-0.4, -0.2) is 18.5 Å². The van der Waals surface area contributed by atoms with E-state index in [1.165, 1.54) is 24.0 Å². The van der Waals surface area contributed by atoms with Crippen molar-refractivity contribution >= 4 is 5.91 Å². The van der Waals surface area contributed by atoms with Crippen molar-refractivity contribution in [1.29, 1.82) is 0 Å². The molecule has 2 N–H and O–H groups in total. The lowest BCUT2D eigenvalue weighted by Gasteiger charge is -2.30. The Labute approximate surface area is 121 Å². The third-order valence-corrected chi connectivity index (χ3v) is 4.86. The summed E-state index contributed by atoms with van der Waals surface area (Å²) in [5.41, 5.74) is 2.70. The molecule has 2 aliphatic rings. The molecule has 1 amide bonds. The topological polar surface area (TPSA) is 41.1 Å². The Kier molecular flexibility index (Phi) is 4.06.